The minimum absolute atomic E-state index is 0.0219. The number of hydrogen-bond donors (Lipinski definition) is 0. The molecule has 0 N–H and O–H groups in total. The lowest BCUT2D eigenvalue weighted by Crippen LogP contribution is -2.87. The highest BCUT2D eigenvalue weighted by molar-refractivity contribution is 7.60. The lowest BCUT2D eigenvalue weighted by molar-refractivity contribution is -0.250. The van der Waals surface area contributed by atoms with Gasteiger partial charge < -0.3 is 28.9 Å². The first kappa shape index (κ1) is 53.4. The molecule has 8 nitrogen and oxygen atoms in total. The van der Waals surface area contributed by atoms with Crippen LogP contribution in [0.4, 0.5) is 34.1 Å². The van der Waals surface area contributed by atoms with Crippen molar-refractivity contribution >= 4 is 42.0 Å². The van der Waals surface area contributed by atoms with Gasteiger partial charge in [0.05, 0.1) is 48.7 Å². The van der Waals surface area contributed by atoms with Crippen molar-refractivity contribution in [3.8, 4) is 0 Å². The van der Waals surface area contributed by atoms with Crippen LogP contribution < -0.4 is 14.7 Å². The zero-order valence-electron chi connectivity index (χ0n) is 50.4. The Balaban J connectivity index is 0.922. The van der Waals surface area contributed by atoms with Gasteiger partial charge in [-0.05, 0) is 190 Å². The van der Waals surface area contributed by atoms with E-state index in [4.69, 9.17) is 14.2 Å². The molecule has 0 aromatic heterocycles. The third-order valence-electron chi connectivity index (χ3n) is 22.9. The zero-order chi connectivity index (χ0) is 56.1. The first-order valence-corrected chi connectivity index (χ1v) is 34.0. The maximum atomic E-state index is 8.41. The van der Waals surface area contributed by atoms with Crippen molar-refractivity contribution in [3.63, 3.8) is 0 Å². The van der Waals surface area contributed by atoms with Gasteiger partial charge in [0.1, 0.15) is 0 Å². The summed E-state index contributed by atoms with van der Waals surface area (Å²) in [7, 11) is -0.591. The first-order valence-electron chi connectivity index (χ1n) is 32.5. The highest BCUT2D eigenvalue weighted by Crippen LogP contribution is 2.75. The molecule has 10 fully saturated rings. The van der Waals surface area contributed by atoms with Crippen LogP contribution in [-0.4, -0.2) is 118 Å². The second kappa shape index (κ2) is 20.8. The largest absolute Gasteiger partial charge is 0.373 e. The monoisotopic (exact) mass is 1130 g/mol. The van der Waals surface area contributed by atoms with Crippen molar-refractivity contribution in [2.45, 2.75) is 228 Å². The molecule has 5 saturated heterocycles. The number of anilines is 6. The molecule has 5 saturated carbocycles. The number of fused-ring (bicyclic) bond motifs is 6. The Bertz CT molecular complexity index is 3000. The van der Waals surface area contributed by atoms with Gasteiger partial charge in [-0.1, -0.05) is 128 Å². The molecule has 5 aliphatic carbocycles. The fourth-order valence-electron chi connectivity index (χ4n) is 19.3. The summed E-state index contributed by atoms with van der Waals surface area (Å²) in [6.45, 7) is 18.4. The summed E-state index contributed by atoms with van der Waals surface area (Å²) >= 11 is 0. The molecule has 18 atom stereocenters. The fourth-order valence-corrected chi connectivity index (χ4v) is 24.4. The number of aryl methyl sites for hydroxylation is 6. The SMILES string of the molecule is Cc1ccc(N(c2ccc(C)cc2)C2CC3C4C(C2)N2C5CCC(C)CC5OC5C(N(c6ccc(C)cc6)c6ccc(C)cc6)CC6OC7CC(N(c8ccc(C)cc8)c8ccc(C)cc8)C8OC9CC(C)CCC9N3C8C7P4C6C52)cc1. The molecule has 0 bridgehead atoms. The van der Waals surface area contributed by atoms with Gasteiger partial charge >= 0.3 is 0 Å². The van der Waals surface area contributed by atoms with Crippen molar-refractivity contribution < 1.29 is 14.2 Å². The molecule has 10 aliphatic rings. The Morgan fingerprint density at radius 3 is 0.976 bits per heavy atom. The molecule has 16 rings (SSSR count). The van der Waals surface area contributed by atoms with Crippen LogP contribution in [0.25, 0.3) is 0 Å². The number of nitrogens with zero attached hydrogens (tertiary/aromatic N) is 5. The van der Waals surface area contributed by atoms with Gasteiger partial charge in [-0.2, -0.15) is 0 Å². The maximum absolute atomic E-state index is 8.41. The van der Waals surface area contributed by atoms with E-state index >= 15 is 0 Å². The predicted molar refractivity (Wildman–Crippen MR) is 340 cm³/mol. The van der Waals surface area contributed by atoms with Crippen LogP contribution in [0.5, 0.6) is 0 Å². The quantitative estimate of drug-likeness (QED) is 0.133. The second-order valence-corrected chi connectivity index (χ2v) is 30.9. The van der Waals surface area contributed by atoms with E-state index in [0.29, 0.717) is 59.0 Å². The van der Waals surface area contributed by atoms with E-state index in [0.717, 1.165) is 38.5 Å². The van der Waals surface area contributed by atoms with Crippen molar-refractivity contribution in [1.29, 1.82) is 0 Å². The molecule has 5 heterocycles. The highest BCUT2D eigenvalue weighted by atomic mass is 31.1. The molecule has 6 aromatic rings. The Morgan fingerprint density at radius 1 is 0.337 bits per heavy atom. The average molecular weight is 1130 g/mol. The van der Waals surface area contributed by atoms with Gasteiger partial charge in [-0.3, -0.25) is 9.80 Å². The normalized spacial score (nSPS) is 38.2. The molecular weight excluding hydrogens is 1040 g/mol. The predicted octanol–water partition coefficient (Wildman–Crippen LogP) is 15.4. The third kappa shape index (κ3) is 8.85. The van der Waals surface area contributed by atoms with Crippen LogP contribution in [0, 0.1) is 53.4 Å². The van der Waals surface area contributed by atoms with Gasteiger partial charge in [0.2, 0.25) is 0 Å². The molecule has 432 valence electrons. The Kier molecular flexibility index (Phi) is 13.4. The van der Waals surface area contributed by atoms with E-state index in [1.807, 2.05) is 0 Å². The molecule has 6 aromatic carbocycles. The molecule has 18 unspecified atom stereocenters. The van der Waals surface area contributed by atoms with Crippen LogP contribution in [0.15, 0.2) is 146 Å². The lowest BCUT2D eigenvalue weighted by Gasteiger charge is -2.77. The van der Waals surface area contributed by atoms with Gasteiger partial charge in [-0.15, -0.1) is 0 Å². The summed E-state index contributed by atoms with van der Waals surface area (Å²) in [4.78, 5) is 14.9. The summed E-state index contributed by atoms with van der Waals surface area (Å²) in [6, 6.07) is 59.5. The van der Waals surface area contributed by atoms with E-state index < -0.39 is 7.92 Å². The molecule has 83 heavy (non-hydrogen) atoms. The Labute approximate surface area is 496 Å². The van der Waals surface area contributed by atoms with Gasteiger partial charge in [0.25, 0.3) is 0 Å². The molecule has 0 amide bonds. The van der Waals surface area contributed by atoms with Crippen LogP contribution in [0.3, 0.4) is 0 Å². The first-order chi connectivity index (χ1) is 40.4. The average Bonchev–Trinajstić information content (AvgIpc) is 1.11. The Morgan fingerprint density at radius 2 is 0.651 bits per heavy atom. The van der Waals surface area contributed by atoms with E-state index in [2.05, 4.69) is 225 Å². The number of morpholine rings is 2. The Hall–Kier alpha value is -5.05. The van der Waals surface area contributed by atoms with Crippen LogP contribution >= 0.6 is 7.92 Å². The maximum Gasteiger partial charge on any atom is 0.0949 e. The lowest BCUT2D eigenvalue weighted by atomic mass is 9.70. The molecule has 5 aliphatic heterocycles. The summed E-state index contributed by atoms with van der Waals surface area (Å²) in [5, 5.41) is 0. The van der Waals surface area contributed by atoms with Crippen molar-refractivity contribution in [2.24, 2.45) is 11.8 Å². The van der Waals surface area contributed by atoms with Crippen LogP contribution in [0.1, 0.15) is 111 Å². The topological polar surface area (TPSA) is 43.9 Å². The number of rotatable bonds is 9. The summed E-state index contributed by atoms with van der Waals surface area (Å²) < 4.78 is 24.8. The van der Waals surface area contributed by atoms with Crippen LogP contribution in [-0.2, 0) is 14.2 Å². The third-order valence-corrected chi connectivity index (χ3v) is 26.9. The van der Waals surface area contributed by atoms with Gasteiger partial charge in [-0.25, -0.2) is 0 Å². The smallest absolute Gasteiger partial charge is 0.0949 e. The number of ether oxygens (including phenoxy) is 3. The summed E-state index contributed by atoms with van der Waals surface area (Å²) in [5.41, 5.74) is 16.9. The van der Waals surface area contributed by atoms with E-state index in [1.54, 1.807) is 0 Å². The van der Waals surface area contributed by atoms with Crippen molar-refractivity contribution in [2.75, 3.05) is 14.7 Å². The van der Waals surface area contributed by atoms with E-state index in [1.165, 1.54) is 93.2 Å². The molecule has 0 radical (unpaired) electrons. The molecule has 0 spiro atoms. The number of hydrogen-bond acceptors (Lipinski definition) is 8. The van der Waals surface area contributed by atoms with Crippen LogP contribution in [0.2, 0.25) is 0 Å². The van der Waals surface area contributed by atoms with E-state index in [9.17, 15) is 0 Å². The second-order valence-electron chi connectivity index (χ2n) is 28.2. The molecule has 9 heteroatoms. The van der Waals surface area contributed by atoms with Crippen molar-refractivity contribution in [1.82, 2.24) is 9.80 Å². The van der Waals surface area contributed by atoms with Crippen molar-refractivity contribution in [3.05, 3.63) is 179 Å². The van der Waals surface area contributed by atoms with Gasteiger partial charge in [0.15, 0.2) is 0 Å². The number of benzene rings is 6. The van der Waals surface area contributed by atoms with E-state index in [-0.39, 0.29) is 60.8 Å². The van der Waals surface area contributed by atoms with Gasteiger partial charge in [0, 0.05) is 93.4 Å². The summed E-state index contributed by atoms with van der Waals surface area (Å²) in [6.07, 6.45) is 12.1. The fraction of sp³-hybridized carbons (Fsp3) is 0.514. The zero-order valence-corrected chi connectivity index (χ0v) is 51.3. The standard InChI is InChI=1S/C74H88N5O3P/c1-43-9-23-51(24-10-43)75(52-25-11-44(2)12-26-52)57-39-62-72-63(40-57)79-59-36-22-50(8)38-65(59)82-71-61(77(55-31-17-47(5)18-32-55)56-33-19-48(6)20-34-56)42-67-74(69(71)79)83(72)73-66(80-67)41-60(70-68(73)78(62)58-35-21-49(7)37-64(58)81-70)76(53-27-13-45(3)14-28-53)54-29-15-46(4)16-30-54/h9-20,23-34,49-50,57-74H,21-22,35-42H2,1-8H3. The minimum atomic E-state index is -0.591. The minimum Gasteiger partial charge on any atom is -0.373 e. The molecular formula is C74H88N5O3P. The summed E-state index contributed by atoms with van der Waals surface area (Å²) in [5.74, 6) is 1.28. The highest BCUT2D eigenvalue weighted by Gasteiger charge is 2.75.